The second-order valence-corrected chi connectivity index (χ2v) is 5.93. The fourth-order valence-electron chi connectivity index (χ4n) is 2.31. The number of hydrogen-bond acceptors (Lipinski definition) is 6. The van der Waals surface area contributed by atoms with Crippen LogP contribution in [0.1, 0.15) is 15.9 Å². The van der Waals surface area contributed by atoms with Crippen molar-refractivity contribution in [1.29, 1.82) is 0 Å². The van der Waals surface area contributed by atoms with Crippen LogP contribution in [0.3, 0.4) is 0 Å². The second kappa shape index (κ2) is 10.5. The summed E-state index contributed by atoms with van der Waals surface area (Å²) in [5.74, 6) is -0.782. The molecule has 0 aliphatic heterocycles. The Morgan fingerprint density at radius 3 is 2.59 bits per heavy atom. The lowest BCUT2D eigenvalue weighted by atomic mass is 10.1. The fraction of sp³-hybridized carbons (Fsp3) is 0.316. The zero-order valence-corrected chi connectivity index (χ0v) is 15.9. The van der Waals surface area contributed by atoms with Gasteiger partial charge < -0.3 is 19.1 Å². The lowest BCUT2D eigenvalue weighted by Gasteiger charge is -2.23. The van der Waals surface area contributed by atoms with E-state index in [1.165, 1.54) is 18.2 Å². The third kappa shape index (κ3) is 5.94. The summed E-state index contributed by atoms with van der Waals surface area (Å²) in [5.41, 5.74) is 0.951. The standard InChI is InChI=1S/C19H21ClN2O5/c1-25-10-11-27-18-15(7-5-9-21-18)19(24)22(13-17(23)26-2)12-14-6-3-4-8-16(14)20/h3-9H,10-13H2,1-2H3. The Hall–Kier alpha value is -2.64. The summed E-state index contributed by atoms with van der Waals surface area (Å²) in [6.45, 7) is 0.512. The molecule has 0 spiro atoms. The highest BCUT2D eigenvalue weighted by Gasteiger charge is 2.24. The highest BCUT2D eigenvalue weighted by atomic mass is 35.5. The molecule has 0 saturated carbocycles. The molecule has 0 radical (unpaired) electrons. The summed E-state index contributed by atoms with van der Waals surface area (Å²) in [6.07, 6.45) is 1.53. The van der Waals surface area contributed by atoms with Crippen molar-refractivity contribution in [2.75, 3.05) is 34.0 Å². The number of amides is 1. The predicted octanol–water partition coefficient (Wildman–Crippen LogP) is 2.58. The minimum Gasteiger partial charge on any atom is -0.475 e. The Bertz CT molecular complexity index is 784. The summed E-state index contributed by atoms with van der Waals surface area (Å²) >= 11 is 6.20. The van der Waals surface area contributed by atoms with E-state index in [9.17, 15) is 9.59 Å². The minimum absolute atomic E-state index is 0.139. The molecule has 2 rings (SSSR count). The second-order valence-electron chi connectivity index (χ2n) is 5.53. The maximum absolute atomic E-state index is 13.1. The van der Waals surface area contributed by atoms with E-state index in [0.717, 1.165) is 0 Å². The van der Waals surface area contributed by atoms with Gasteiger partial charge in [-0.15, -0.1) is 0 Å². The van der Waals surface area contributed by atoms with Crippen molar-refractivity contribution in [1.82, 2.24) is 9.88 Å². The number of hydrogen-bond donors (Lipinski definition) is 0. The van der Waals surface area contributed by atoms with Gasteiger partial charge in [-0.05, 0) is 23.8 Å². The number of benzene rings is 1. The highest BCUT2D eigenvalue weighted by Crippen LogP contribution is 2.21. The van der Waals surface area contributed by atoms with Crippen molar-refractivity contribution in [2.24, 2.45) is 0 Å². The van der Waals surface area contributed by atoms with Gasteiger partial charge in [-0.1, -0.05) is 29.8 Å². The molecule has 0 aliphatic carbocycles. The van der Waals surface area contributed by atoms with E-state index in [1.54, 1.807) is 37.4 Å². The summed E-state index contributed by atoms with van der Waals surface area (Å²) < 4.78 is 15.2. The Kier molecular flexibility index (Phi) is 8.03. The Balaban J connectivity index is 2.28. The van der Waals surface area contributed by atoms with Crippen LogP contribution in [0, 0.1) is 0 Å². The zero-order valence-electron chi connectivity index (χ0n) is 15.2. The quantitative estimate of drug-likeness (QED) is 0.482. The molecule has 0 atom stereocenters. The van der Waals surface area contributed by atoms with Gasteiger partial charge in [0.05, 0.1) is 13.7 Å². The average Bonchev–Trinajstić information content (AvgIpc) is 2.69. The summed E-state index contributed by atoms with van der Waals surface area (Å²) in [6, 6.07) is 10.3. The van der Waals surface area contributed by atoms with E-state index >= 15 is 0 Å². The van der Waals surface area contributed by atoms with Crippen molar-refractivity contribution >= 4 is 23.5 Å². The van der Waals surface area contributed by atoms with Crippen molar-refractivity contribution in [3.63, 3.8) is 0 Å². The first-order chi connectivity index (χ1) is 13.1. The van der Waals surface area contributed by atoms with Crippen LogP contribution in [-0.2, 0) is 20.8 Å². The molecule has 27 heavy (non-hydrogen) atoms. The molecule has 0 N–H and O–H groups in total. The lowest BCUT2D eigenvalue weighted by Crippen LogP contribution is -2.36. The Morgan fingerprint density at radius 1 is 1.11 bits per heavy atom. The van der Waals surface area contributed by atoms with Gasteiger partial charge >= 0.3 is 5.97 Å². The number of methoxy groups -OCH3 is 2. The van der Waals surface area contributed by atoms with Crippen LogP contribution < -0.4 is 4.74 Å². The van der Waals surface area contributed by atoms with E-state index in [2.05, 4.69) is 4.98 Å². The van der Waals surface area contributed by atoms with E-state index in [4.69, 9.17) is 25.8 Å². The maximum atomic E-state index is 13.1. The van der Waals surface area contributed by atoms with Crippen LogP contribution in [0.15, 0.2) is 42.6 Å². The number of carbonyl (C=O) groups excluding carboxylic acids is 2. The van der Waals surface area contributed by atoms with Gasteiger partial charge in [-0.25, -0.2) is 4.98 Å². The molecular weight excluding hydrogens is 372 g/mol. The molecule has 1 aromatic heterocycles. The van der Waals surface area contributed by atoms with E-state index in [1.807, 2.05) is 6.07 Å². The van der Waals surface area contributed by atoms with Gasteiger partial charge in [0.1, 0.15) is 18.7 Å². The van der Waals surface area contributed by atoms with Gasteiger partial charge in [0, 0.05) is 24.9 Å². The predicted molar refractivity (Wildman–Crippen MR) is 99.8 cm³/mol. The monoisotopic (exact) mass is 392 g/mol. The van der Waals surface area contributed by atoms with Gasteiger partial charge in [-0.3, -0.25) is 9.59 Å². The van der Waals surface area contributed by atoms with Crippen molar-refractivity contribution in [2.45, 2.75) is 6.54 Å². The number of nitrogens with zero attached hydrogens (tertiary/aromatic N) is 2. The molecular formula is C19H21ClN2O5. The normalized spacial score (nSPS) is 10.3. The molecule has 2 aromatic rings. The Morgan fingerprint density at radius 2 is 1.89 bits per heavy atom. The molecule has 1 heterocycles. The zero-order chi connectivity index (χ0) is 19.6. The van der Waals surface area contributed by atoms with E-state index < -0.39 is 11.9 Å². The molecule has 0 aliphatic rings. The summed E-state index contributed by atoms with van der Waals surface area (Å²) in [7, 11) is 2.82. The van der Waals surface area contributed by atoms with Crippen LogP contribution in [0.2, 0.25) is 5.02 Å². The Labute approximate surface area is 162 Å². The number of aromatic nitrogens is 1. The van der Waals surface area contributed by atoms with Crippen LogP contribution >= 0.6 is 11.6 Å². The largest absolute Gasteiger partial charge is 0.475 e. The van der Waals surface area contributed by atoms with Gasteiger partial charge in [0.15, 0.2) is 0 Å². The molecule has 0 saturated heterocycles. The number of pyridine rings is 1. The summed E-state index contributed by atoms with van der Waals surface area (Å²) in [4.78, 5) is 30.4. The molecule has 7 nitrogen and oxygen atoms in total. The molecule has 0 unspecified atom stereocenters. The molecule has 0 bridgehead atoms. The average molecular weight is 393 g/mol. The number of esters is 1. The third-order valence-electron chi connectivity index (χ3n) is 3.68. The van der Waals surface area contributed by atoms with E-state index in [-0.39, 0.29) is 31.1 Å². The van der Waals surface area contributed by atoms with Crippen molar-refractivity contribution < 1.29 is 23.8 Å². The van der Waals surface area contributed by atoms with Crippen LogP contribution in [0.25, 0.3) is 0 Å². The van der Waals surface area contributed by atoms with Crippen molar-refractivity contribution in [3.8, 4) is 5.88 Å². The molecule has 144 valence electrons. The first-order valence-electron chi connectivity index (χ1n) is 8.23. The van der Waals surface area contributed by atoms with Crippen molar-refractivity contribution in [3.05, 3.63) is 58.7 Å². The smallest absolute Gasteiger partial charge is 0.325 e. The molecule has 8 heteroatoms. The fourth-order valence-corrected chi connectivity index (χ4v) is 2.51. The minimum atomic E-state index is -0.541. The molecule has 1 aromatic carbocycles. The number of ether oxygens (including phenoxy) is 3. The molecule has 1 amide bonds. The first kappa shape index (κ1) is 20.7. The lowest BCUT2D eigenvalue weighted by molar-refractivity contribution is -0.141. The molecule has 0 fully saturated rings. The SMILES string of the molecule is COCCOc1ncccc1C(=O)N(CC(=O)OC)Cc1ccccc1Cl. The van der Waals surface area contributed by atoms with Crippen LogP contribution in [0.5, 0.6) is 5.88 Å². The van der Waals surface area contributed by atoms with E-state index in [0.29, 0.717) is 17.2 Å². The summed E-state index contributed by atoms with van der Waals surface area (Å²) in [5, 5.41) is 0.503. The number of halogens is 1. The first-order valence-corrected chi connectivity index (χ1v) is 8.60. The maximum Gasteiger partial charge on any atom is 0.325 e. The highest BCUT2D eigenvalue weighted by molar-refractivity contribution is 6.31. The van der Waals surface area contributed by atoms with Crippen LogP contribution in [-0.4, -0.2) is 55.7 Å². The topological polar surface area (TPSA) is 78.0 Å². The van der Waals surface area contributed by atoms with Gasteiger partial charge in [0.2, 0.25) is 5.88 Å². The van der Waals surface area contributed by atoms with Gasteiger partial charge in [-0.2, -0.15) is 0 Å². The van der Waals surface area contributed by atoms with Gasteiger partial charge in [0.25, 0.3) is 5.91 Å². The third-order valence-corrected chi connectivity index (χ3v) is 4.05. The number of carbonyl (C=O) groups is 2. The van der Waals surface area contributed by atoms with Crippen LogP contribution in [0.4, 0.5) is 0 Å². The number of rotatable bonds is 9.